The van der Waals surface area contributed by atoms with Gasteiger partial charge in [0.2, 0.25) is 5.91 Å². The summed E-state index contributed by atoms with van der Waals surface area (Å²) in [4.78, 5) is 22.5. The number of aliphatic carboxylic acids is 1. The summed E-state index contributed by atoms with van der Waals surface area (Å²) in [5.41, 5.74) is -0.555. The van der Waals surface area contributed by atoms with Crippen LogP contribution in [0.2, 0.25) is 0 Å². The Morgan fingerprint density at radius 1 is 1.29 bits per heavy atom. The van der Waals surface area contributed by atoms with Gasteiger partial charge in [0, 0.05) is 12.8 Å². The highest BCUT2D eigenvalue weighted by molar-refractivity contribution is 7.90. The maximum atomic E-state index is 11.7. The standard InChI is InChI=1S/C10H17NO5S/c1-10(2)6(7(10)9(13)14)8(12)11-4-5-17(3,15)16/h6-7H,4-5H2,1-3H3,(H,11,12)(H,13,14). The van der Waals surface area contributed by atoms with Gasteiger partial charge in [0.05, 0.1) is 17.6 Å². The predicted molar refractivity (Wildman–Crippen MR) is 61.1 cm³/mol. The summed E-state index contributed by atoms with van der Waals surface area (Å²) < 4.78 is 21.7. The maximum Gasteiger partial charge on any atom is 0.307 e. The number of carboxylic acid groups (broad SMARTS) is 1. The van der Waals surface area contributed by atoms with Crippen molar-refractivity contribution >= 4 is 21.7 Å². The average Bonchev–Trinajstić information content (AvgIpc) is 2.66. The molecule has 1 rings (SSSR count). The van der Waals surface area contributed by atoms with Gasteiger partial charge in [0.1, 0.15) is 9.84 Å². The van der Waals surface area contributed by atoms with E-state index in [0.29, 0.717) is 0 Å². The van der Waals surface area contributed by atoms with Gasteiger partial charge in [-0.05, 0) is 5.41 Å². The minimum absolute atomic E-state index is 0.0244. The molecule has 0 saturated heterocycles. The quantitative estimate of drug-likeness (QED) is 0.696. The molecule has 7 heteroatoms. The molecule has 0 aliphatic heterocycles. The van der Waals surface area contributed by atoms with E-state index in [1.54, 1.807) is 13.8 Å². The molecular weight excluding hydrogens is 246 g/mol. The fourth-order valence-corrected chi connectivity index (χ4v) is 2.53. The summed E-state index contributed by atoms with van der Waals surface area (Å²) in [5.74, 6) is -2.76. The van der Waals surface area contributed by atoms with Crippen LogP contribution >= 0.6 is 0 Å². The van der Waals surface area contributed by atoms with Gasteiger partial charge in [-0.3, -0.25) is 9.59 Å². The molecule has 1 saturated carbocycles. The van der Waals surface area contributed by atoms with E-state index in [-0.39, 0.29) is 18.2 Å². The molecule has 0 radical (unpaired) electrons. The summed E-state index contributed by atoms with van der Waals surface area (Å²) >= 11 is 0. The molecule has 98 valence electrons. The Labute approximate surface area is 100 Å². The zero-order chi connectivity index (χ0) is 13.4. The fraction of sp³-hybridized carbons (Fsp3) is 0.800. The first-order valence-electron chi connectivity index (χ1n) is 5.25. The zero-order valence-corrected chi connectivity index (χ0v) is 10.9. The van der Waals surface area contributed by atoms with Crippen molar-refractivity contribution in [2.24, 2.45) is 17.3 Å². The molecule has 0 aromatic rings. The molecular formula is C10H17NO5S. The van der Waals surface area contributed by atoms with Gasteiger partial charge in [-0.2, -0.15) is 0 Å². The highest BCUT2D eigenvalue weighted by atomic mass is 32.2. The number of carbonyl (C=O) groups is 2. The largest absolute Gasteiger partial charge is 0.481 e. The molecule has 0 aromatic heterocycles. The molecule has 0 bridgehead atoms. The van der Waals surface area contributed by atoms with Crippen molar-refractivity contribution in [2.45, 2.75) is 13.8 Å². The van der Waals surface area contributed by atoms with Crippen molar-refractivity contribution in [2.75, 3.05) is 18.6 Å². The van der Waals surface area contributed by atoms with E-state index < -0.39 is 33.1 Å². The third kappa shape index (κ3) is 3.18. The SMILES string of the molecule is CC1(C)C(C(=O)O)C1C(=O)NCCS(C)(=O)=O. The minimum Gasteiger partial charge on any atom is -0.481 e. The first-order chi connectivity index (χ1) is 7.57. The van der Waals surface area contributed by atoms with Gasteiger partial charge in [-0.15, -0.1) is 0 Å². The van der Waals surface area contributed by atoms with E-state index >= 15 is 0 Å². The minimum atomic E-state index is -3.11. The predicted octanol–water partition coefficient (Wildman–Crippen LogP) is -0.496. The molecule has 1 amide bonds. The normalized spacial score (nSPS) is 26.3. The molecule has 1 fully saturated rings. The van der Waals surface area contributed by atoms with Crippen LogP contribution < -0.4 is 5.32 Å². The van der Waals surface area contributed by atoms with Gasteiger partial charge in [0.15, 0.2) is 0 Å². The van der Waals surface area contributed by atoms with Crippen LogP contribution in [0.5, 0.6) is 0 Å². The molecule has 1 aliphatic carbocycles. The molecule has 2 atom stereocenters. The monoisotopic (exact) mass is 263 g/mol. The molecule has 2 N–H and O–H groups in total. The number of carboxylic acids is 1. The Morgan fingerprint density at radius 2 is 1.82 bits per heavy atom. The smallest absolute Gasteiger partial charge is 0.307 e. The van der Waals surface area contributed by atoms with Crippen molar-refractivity contribution in [1.82, 2.24) is 5.32 Å². The van der Waals surface area contributed by atoms with Crippen molar-refractivity contribution in [3.8, 4) is 0 Å². The number of sulfone groups is 1. The lowest BCUT2D eigenvalue weighted by Crippen LogP contribution is -2.31. The van der Waals surface area contributed by atoms with Crippen molar-refractivity contribution in [1.29, 1.82) is 0 Å². The summed E-state index contributed by atoms with van der Waals surface area (Å²) in [6, 6.07) is 0. The highest BCUT2D eigenvalue weighted by Crippen LogP contribution is 2.58. The molecule has 1 aliphatic rings. The molecule has 0 spiro atoms. The first kappa shape index (κ1) is 14.0. The Bertz CT molecular complexity index is 440. The van der Waals surface area contributed by atoms with Crippen molar-refractivity contribution in [3.05, 3.63) is 0 Å². The second-order valence-corrected chi connectivity index (χ2v) is 7.30. The van der Waals surface area contributed by atoms with E-state index in [1.807, 2.05) is 0 Å². The Balaban J connectivity index is 2.49. The third-order valence-corrected chi connectivity index (χ3v) is 4.09. The van der Waals surface area contributed by atoms with Crippen LogP contribution in [0.25, 0.3) is 0 Å². The van der Waals surface area contributed by atoms with Gasteiger partial charge in [0.25, 0.3) is 0 Å². The van der Waals surface area contributed by atoms with Crippen LogP contribution in [0, 0.1) is 17.3 Å². The van der Waals surface area contributed by atoms with E-state index in [0.717, 1.165) is 6.26 Å². The van der Waals surface area contributed by atoms with E-state index in [1.165, 1.54) is 0 Å². The van der Waals surface area contributed by atoms with Gasteiger partial charge < -0.3 is 10.4 Å². The second-order valence-electron chi connectivity index (χ2n) is 5.04. The maximum absolute atomic E-state index is 11.7. The number of amides is 1. The molecule has 17 heavy (non-hydrogen) atoms. The summed E-state index contributed by atoms with van der Waals surface area (Å²) in [5, 5.41) is 11.3. The van der Waals surface area contributed by atoms with Crippen LogP contribution in [-0.4, -0.2) is 44.0 Å². The highest BCUT2D eigenvalue weighted by Gasteiger charge is 2.65. The number of carbonyl (C=O) groups excluding carboxylic acids is 1. The van der Waals surface area contributed by atoms with Crippen LogP contribution in [0.1, 0.15) is 13.8 Å². The number of rotatable bonds is 5. The number of nitrogens with one attached hydrogen (secondary N) is 1. The first-order valence-corrected chi connectivity index (χ1v) is 7.31. The van der Waals surface area contributed by atoms with Crippen LogP contribution in [0.3, 0.4) is 0 Å². The molecule has 2 unspecified atom stereocenters. The van der Waals surface area contributed by atoms with Gasteiger partial charge in [-0.25, -0.2) is 8.42 Å². The molecule has 0 heterocycles. The van der Waals surface area contributed by atoms with Crippen LogP contribution in [0.15, 0.2) is 0 Å². The molecule has 6 nitrogen and oxygen atoms in total. The van der Waals surface area contributed by atoms with Crippen LogP contribution in [-0.2, 0) is 19.4 Å². The lowest BCUT2D eigenvalue weighted by Gasteiger charge is -2.04. The summed E-state index contributed by atoms with van der Waals surface area (Å²) in [6.45, 7) is 3.45. The Morgan fingerprint density at radius 3 is 2.18 bits per heavy atom. The van der Waals surface area contributed by atoms with Crippen molar-refractivity contribution in [3.63, 3.8) is 0 Å². The van der Waals surface area contributed by atoms with E-state index in [4.69, 9.17) is 5.11 Å². The lowest BCUT2D eigenvalue weighted by atomic mass is 10.1. The molecule has 0 aromatic carbocycles. The van der Waals surface area contributed by atoms with Gasteiger partial charge in [-0.1, -0.05) is 13.8 Å². The topological polar surface area (TPSA) is 101 Å². The second kappa shape index (κ2) is 4.29. The Hall–Kier alpha value is -1.11. The fourth-order valence-electron chi connectivity index (χ4n) is 2.06. The number of hydrogen-bond donors (Lipinski definition) is 2. The average molecular weight is 263 g/mol. The van der Waals surface area contributed by atoms with Gasteiger partial charge >= 0.3 is 5.97 Å². The van der Waals surface area contributed by atoms with Crippen molar-refractivity contribution < 1.29 is 23.1 Å². The Kier molecular flexibility index (Phi) is 3.52. The summed E-state index contributed by atoms with van der Waals surface area (Å²) in [7, 11) is -3.11. The zero-order valence-electron chi connectivity index (χ0n) is 10.1. The van der Waals surface area contributed by atoms with Crippen LogP contribution in [0.4, 0.5) is 0 Å². The number of hydrogen-bond acceptors (Lipinski definition) is 4. The van der Waals surface area contributed by atoms with E-state index in [2.05, 4.69) is 5.32 Å². The summed E-state index contributed by atoms with van der Waals surface area (Å²) in [6.07, 6.45) is 1.08. The van der Waals surface area contributed by atoms with E-state index in [9.17, 15) is 18.0 Å². The lowest BCUT2D eigenvalue weighted by molar-refractivity contribution is -0.140. The third-order valence-electron chi connectivity index (χ3n) is 3.15.